The lowest BCUT2D eigenvalue weighted by atomic mass is 9.89. The fourth-order valence-electron chi connectivity index (χ4n) is 3.63. The van der Waals surface area contributed by atoms with E-state index in [0.717, 1.165) is 47.8 Å². The van der Waals surface area contributed by atoms with Gasteiger partial charge in [0.05, 0.1) is 23.8 Å². The van der Waals surface area contributed by atoms with Crippen LogP contribution < -0.4 is 5.32 Å². The number of pyridine rings is 1. The first kappa shape index (κ1) is 17.2. The van der Waals surface area contributed by atoms with Gasteiger partial charge in [-0.15, -0.1) is 0 Å². The van der Waals surface area contributed by atoms with Gasteiger partial charge in [-0.1, -0.05) is 18.2 Å². The number of fused-ring (bicyclic) bond motifs is 2. The quantitative estimate of drug-likeness (QED) is 0.713. The average molecular weight is 360 g/mol. The number of aryl methyl sites for hydroxylation is 1. The molecule has 0 spiro atoms. The zero-order valence-electron chi connectivity index (χ0n) is 15.1. The highest BCUT2D eigenvalue weighted by molar-refractivity contribution is 6.13. The number of carbonyl (C=O) groups excluding carboxylic acids is 2. The summed E-state index contributed by atoms with van der Waals surface area (Å²) in [5.74, 6) is -0.542. The third kappa shape index (κ3) is 3.28. The number of methoxy groups -OCH3 is 1. The molecule has 0 unspecified atom stereocenters. The molecule has 0 saturated heterocycles. The number of anilines is 1. The van der Waals surface area contributed by atoms with Crippen LogP contribution in [0.15, 0.2) is 48.5 Å². The van der Waals surface area contributed by atoms with Crippen LogP contribution in [0.1, 0.15) is 44.8 Å². The van der Waals surface area contributed by atoms with Crippen LogP contribution in [0.5, 0.6) is 0 Å². The van der Waals surface area contributed by atoms with Crippen molar-refractivity contribution in [2.24, 2.45) is 0 Å². The van der Waals surface area contributed by atoms with Crippen molar-refractivity contribution >= 4 is 28.5 Å². The summed E-state index contributed by atoms with van der Waals surface area (Å²) >= 11 is 0. The number of ether oxygens (including phenoxy) is 1. The highest BCUT2D eigenvalue weighted by Gasteiger charge is 2.22. The molecule has 27 heavy (non-hydrogen) atoms. The number of rotatable bonds is 3. The van der Waals surface area contributed by atoms with E-state index in [1.54, 1.807) is 24.3 Å². The summed E-state index contributed by atoms with van der Waals surface area (Å²) in [6.45, 7) is 0. The fraction of sp³-hybridized carbons (Fsp3) is 0.227. The van der Waals surface area contributed by atoms with Crippen LogP contribution in [-0.4, -0.2) is 24.0 Å². The predicted octanol–water partition coefficient (Wildman–Crippen LogP) is 4.15. The predicted molar refractivity (Wildman–Crippen MR) is 104 cm³/mol. The van der Waals surface area contributed by atoms with Gasteiger partial charge >= 0.3 is 5.97 Å². The molecule has 5 nitrogen and oxygen atoms in total. The van der Waals surface area contributed by atoms with Gasteiger partial charge in [-0.2, -0.15) is 0 Å². The van der Waals surface area contributed by atoms with Crippen molar-refractivity contribution in [1.82, 2.24) is 4.98 Å². The van der Waals surface area contributed by atoms with Crippen LogP contribution in [0.4, 0.5) is 5.69 Å². The van der Waals surface area contributed by atoms with Crippen molar-refractivity contribution < 1.29 is 14.3 Å². The molecule has 0 bridgehead atoms. The van der Waals surface area contributed by atoms with E-state index < -0.39 is 5.97 Å². The van der Waals surface area contributed by atoms with E-state index in [-0.39, 0.29) is 5.91 Å². The first-order valence-corrected chi connectivity index (χ1v) is 9.07. The third-order valence-corrected chi connectivity index (χ3v) is 4.96. The van der Waals surface area contributed by atoms with E-state index in [4.69, 9.17) is 9.72 Å². The topological polar surface area (TPSA) is 68.3 Å². The monoisotopic (exact) mass is 360 g/mol. The van der Waals surface area contributed by atoms with Crippen molar-refractivity contribution in [2.75, 3.05) is 12.4 Å². The van der Waals surface area contributed by atoms with Crippen LogP contribution in [0, 0.1) is 0 Å². The number of amides is 1. The van der Waals surface area contributed by atoms with Crippen LogP contribution >= 0.6 is 0 Å². The molecule has 0 atom stereocenters. The van der Waals surface area contributed by atoms with Gasteiger partial charge in [0.25, 0.3) is 5.91 Å². The molecule has 1 aliphatic rings. The number of carbonyl (C=O) groups is 2. The zero-order valence-corrected chi connectivity index (χ0v) is 15.1. The molecule has 5 heteroatoms. The van der Waals surface area contributed by atoms with E-state index in [2.05, 4.69) is 5.32 Å². The Kier molecular flexibility index (Phi) is 4.59. The Morgan fingerprint density at radius 2 is 1.74 bits per heavy atom. The molecule has 1 heterocycles. The lowest BCUT2D eigenvalue weighted by molar-refractivity contribution is 0.0600. The Balaban J connectivity index is 1.71. The molecule has 3 aromatic rings. The number of aromatic nitrogens is 1. The summed E-state index contributed by atoms with van der Waals surface area (Å²) in [6, 6.07) is 14.5. The van der Waals surface area contributed by atoms with Gasteiger partial charge in [0.1, 0.15) is 0 Å². The molecule has 1 N–H and O–H groups in total. The van der Waals surface area contributed by atoms with Crippen LogP contribution in [-0.2, 0) is 17.6 Å². The maximum absolute atomic E-state index is 13.1. The van der Waals surface area contributed by atoms with Crippen LogP contribution in [0.3, 0.4) is 0 Å². The van der Waals surface area contributed by atoms with Gasteiger partial charge in [-0.25, -0.2) is 4.79 Å². The molecule has 0 radical (unpaired) electrons. The molecular formula is C22H20N2O3. The van der Waals surface area contributed by atoms with E-state index in [1.165, 1.54) is 7.11 Å². The second kappa shape index (κ2) is 7.19. The molecule has 1 aromatic heterocycles. The number of nitrogens with zero attached hydrogens (tertiary/aromatic N) is 1. The summed E-state index contributed by atoms with van der Waals surface area (Å²) < 4.78 is 4.70. The molecule has 0 saturated carbocycles. The van der Waals surface area contributed by atoms with Gasteiger partial charge < -0.3 is 10.1 Å². The van der Waals surface area contributed by atoms with Crippen molar-refractivity contribution in [2.45, 2.75) is 25.7 Å². The van der Waals surface area contributed by atoms with E-state index in [0.29, 0.717) is 16.8 Å². The summed E-state index contributed by atoms with van der Waals surface area (Å²) in [5, 5.41) is 3.84. The largest absolute Gasteiger partial charge is 0.465 e. The lowest BCUT2D eigenvalue weighted by Crippen LogP contribution is -2.19. The summed E-state index contributed by atoms with van der Waals surface area (Å²) in [4.78, 5) is 29.5. The number of para-hydroxylation sites is 1. The summed E-state index contributed by atoms with van der Waals surface area (Å²) in [5.41, 5.74) is 4.74. The number of benzene rings is 2. The Bertz CT molecular complexity index is 1030. The lowest BCUT2D eigenvalue weighted by Gasteiger charge is -2.20. The maximum atomic E-state index is 13.1. The smallest absolute Gasteiger partial charge is 0.337 e. The zero-order chi connectivity index (χ0) is 18.8. The minimum atomic E-state index is -0.401. The fourth-order valence-corrected chi connectivity index (χ4v) is 3.63. The van der Waals surface area contributed by atoms with E-state index in [9.17, 15) is 9.59 Å². The van der Waals surface area contributed by atoms with Gasteiger partial charge in [0.2, 0.25) is 0 Å². The standard InChI is InChI=1S/C22H20N2O3/c1-27-22(26)14-10-12-15(13-11-14)23-21(25)20-16-6-2-4-8-18(16)24-19-9-5-3-7-17(19)20/h2,4,6,8,10-13H,3,5,7,9H2,1H3,(H,23,25). The second-order valence-corrected chi connectivity index (χ2v) is 6.66. The van der Waals surface area contributed by atoms with Crippen LogP contribution in [0.2, 0.25) is 0 Å². The summed E-state index contributed by atoms with van der Waals surface area (Å²) in [6.07, 6.45) is 3.96. The van der Waals surface area contributed by atoms with Gasteiger partial charge in [0.15, 0.2) is 0 Å². The van der Waals surface area contributed by atoms with Gasteiger partial charge in [0, 0.05) is 16.8 Å². The second-order valence-electron chi connectivity index (χ2n) is 6.66. The Hall–Kier alpha value is -3.21. The molecule has 0 fully saturated rings. The van der Waals surface area contributed by atoms with Crippen molar-refractivity contribution in [3.8, 4) is 0 Å². The van der Waals surface area contributed by atoms with Crippen molar-refractivity contribution in [3.05, 3.63) is 70.9 Å². The minimum absolute atomic E-state index is 0.141. The SMILES string of the molecule is COC(=O)c1ccc(NC(=O)c2c3c(nc4ccccc24)CCCC3)cc1. The number of hydrogen-bond donors (Lipinski definition) is 1. The van der Waals surface area contributed by atoms with Gasteiger partial charge in [-0.3, -0.25) is 9.78 Å². The van der Waals surface area contributed by atoms with Crippen molar-refractivity contribution in [3.63, 3.8) is 0 Å². The highest BCUT2D eigenvalue weighted by atomic mass is 16.5. The number of nitrogens with one attached hydrogen (secondary N) is 1. The number of esters is 1. The molecule has 1 amide bonds. The molecule has 0 aliphatic heterocycles. The van der Waals surface area contributed by atoms with Gasteiger partial charge in [-0.05, 0) is 61.6 Å². The average Bonchev–Trinajstić information content (AvgIpc) is 2.71. The molecule has 136 valence electrons. The molecular weight excluding hydrogens is 340 g/mol. The molecule has 1 aliphatic carbocycles. The first-order chi connectivity index (χ1) is 13.2. The molecule has 2 aromatic carbocycles. The van der Waals surface area contributed by atoms with Crippen molar-refractivity contribution in [1.29, 1.82) is 0 Å². The van der Waals surface area contributed by atoms with E-state index in [1.807, 2.05) is 24.3 Å². The summed E-state index contributed by atoms with van der Waals surface area (Å²) in [7, 11) is 1.34. The third-order valence-electron chi connectivity index (χ3n) is 4.96. The van der Waals surface area contributed by atoms with Crippen LogP contribution in [0.25, 0.3) is 10.9 Å². The minimum Gasteiger partial charge on any atom is -0.465 e. The molecule has 4 rings (SSSR count). The van der Waals surface area contributed by atoms with E-state index >= 15 is 0 Å². The normalized spacial score (nSPS) is 13.1. The Morgan fingerprint density at radius 3 is 2.52 bits per heavy atom. The number of hydrogen-bond acceptors (Lipinski definition) is 4. The highest BCUT2D eigenvalue weighted by Crippen LogP contribution is 2.30. The Morgan fingerprint density at radius 1 is 1.00 bits per heavy atom. The first-order valence-electron chi connectivity index (χ1n) is 9.07. The maximum Gasteiger partial charge on any atom is 0.337 e. The Labute approximate surface area is 157 Å².